The summed E-state index contributed by atoms with van der Waals surface area (Å²) in [6.45, 7) is 1.66. The van der Waals surface area contributed by atoms with E-state index in [0.717, 1.165) is 22.4 Å². The van der Waals surface area contributed by atoms with Crippen molar-refractivity contribution in [3.05, 3.63) is 87.1 Å². The maximum absolute atomic E-state index is 14.0. The molecule has 1 fully saturated rings. The molecule has 3 aromatic rings. The van der Waals surface area contributed by atoms with E-state index < -0.39 is 17.2 Å². The quantitative estimate of drug-likeness (QED) is 0.597. The molecule has 2 aromatic carbocycles. The summed E-state index contributed by atoms with van der Waals surface area (Å²) in [5.41, 5.74) is 0.161. The molecule has 32 heavy (non-hydrogen) atoms. The summed E-state index contributed by atoms with van der Waals surface area (Å²) in [5, 5.41) is 3.85. The minimum atomic E-state index is -0.934. The third kappa shape index (κ3) is 4.47. The van der Waals surface area contributed by atoms with Gasteiger partial charge in [0.2, 0.25) is 5.91 Å². The van der Waals surface area contributed by atoms with Crippen molar-refractivity contribution in [1.82, 2.24) is 14.7 Å². The molecule has 2 heterocycles. The van der Waals surface area contributed by atoms with Crippen LogP contribution < -0.4 is 10.5 Å². The van der Waals surface area contributed by atoms with Crippen LogP contribution in [0.5, 0.6) is 0 Å². The monoisotopic (exact) mass is 462 g/mol. The molecule has 0 saturated carbocycles. The SMILES string of the molecule is O=C(Cc1ccc(F)cc1)N1CCN(c2cnn(-c3ccc(F)cc3F)c(=O)c2Cl)CC1. The molecular formula is C22H18ClF3N4O2. The average Bonchev–Trinajstić information content (AvgIpc) is 2.78. The molecule has 0 aliphatic carbocycles. The normalized spacial score (nSPS) is 14.0. The summed E-state index contributed by atoms with van der Waals surface area (Å²) in [5.74, 6) is -2.14. The largest absolute Gasteiger partial charge is 0.365 e. The van der Waals surface area contributed by atoms with E-state index in [4.69, 9.17) is 11.6 Å². The van der Waals surface area contributed by atoms with Crippen LogP contribution in [-0.4, -0.2) is 46.8 Å². The minimum Gasteiger partial charge on any atom is -0.365 e. The lowest BCUT2D eigenvalue weighted by atomic mass is 10.1. The number of hydrogen-bond donors (Lipinski definition) is 0. The number of rotatable bonds is 4. The van der Waals surface area contributed by atoms with Crippen molar-refractivity contribution in [2.24, 2.45) is 0 Å². The van der Waals surface area contributed by atoms with Crippen LogP contribution in [0.25, 0.3) is 5.69 Å². The second-order valence-electron chi connectivity index (χ2n) is 7.33. The number of piperazine rings is 1. The lowest BCUT2D eigenvalue weighted by Crippen LogP contribution is -2.49. The molecule has 1 aliphatic heterocycles. The van der Waals surface area contributed by atoms with Crippen LogP contribution in [0, 0.1) is 17.5 Å². The second-order valence-corrected chi connectivity index (χ2v) is 7.71. The van der Waals surface area contributed by atoms with Gasteiger partial charge in [0.05, 0.1) is 18.3 Å². The number of nitrogens with zero attached hydrogens (tertiary/aromatic N) is 4. The van der Waals surface area contributed by atoms with E-state index in [1.165, 1.54) is 18.3 Å². The van der Waals surface area contributed by atoms with Gasteiger partial charge in [-0.1, -0.05) is 23.7 Å². The maximum atomic E-state index is 14.0. The molecule has 0 bridgehead atoms. The summed E-state index contributed by atoms with van der Waals surface area (Å²) >= 11 is 6.26. The fourth-order valence-electron chi connectivity index (χ4n) is 3.55. The first kappa shape index (κ1) is 21.9. The van der Waals surface area contributed by atoms with E-state index in [0.29, 0.717) is 37.9 Å². The second kappa shape index (κ2) is 9.04. The number of hydrogen-bond acceptors (Lipinski definition) is 4. The summed E-state index contributed by atoms with van der Waals surface area (Å²) in [7, 11) is 0. The Hall–Kier alpha value is -3.33. The summed E-state index contributed by atoms with van der Waals surface area (Å²) < 4.78 is 41.0. The molecule has 1 amide bonds. The smallest absolute Gasteiger partial charge is 0.292 e. The van der Waals surface area contributed by atoms with Gasteiger partial charge in [-0.25, -0.2) is 13.2 Å². The van der Waals surface area contributed by atoms with E-state index in [2.05, 4.69) is 5.10 Å². The van der Waals surface area contributed by atoms with Crippen molar-refractivity contribution in [3.8, 4) is 5.69 Å². The Labute approximate surface area is 186 Å². The van der Waals surface area contributed by atoms with Crippen molar-refractivity contribution in [3.63, 3.8) is 0 Å². The fourth-order valence-corrected chi connectivity index (χ4v) is 3.80. The molecular weight excluding hydrogens is 445 g/mol. The Kier molecular flexibility index (Phi) is 6.18. The summed E-state index contributed by atoms with van der Waals surface area (Å²) in [6.07, 6.45) is 1.52. The molecule has 0 N–H and O–H groups in total. The summed E-state index contributed by atoms with van der Waals surface area (Å²) in [4.78, 5) is 28.7. The van der Waals surface area contributed by atoms with Crippen molar-refractivity contribution in [2.45, 2.75) is 6.42 Å². The van der Waals surface area contributed by atoms with Gasteiger partial charge in [-0.05, 0) is 29.8 Å². The van der Waals surface area contributed by atoms with Gasteiger partial charge in [0.15, 0.2) is 5.82 Å². The summed E-state index contributed by atoms with van der Waals surface area (Å²) in [6, 6.07) is 8.58. The van der Waals surface area contributed by atoms with Gasteiger partial charge < -0.3 is 9.80 Å². The van der Waals surface area contributed by atoms with Crippen LogP contribution in [0.3, 0.4) is 0 Å². The third-order valence-corrected chi connectivity index (χ3v) is 5.64. The highest BCUT2D eigenvalue weighted by Crippen LogP contribution is 2.24. The Morgan fingerprint density at radius 3 is 2.25 bits per heavy atom. The van der Waals surface area contributed by atoms with Crippen molar-refractivity contribution in [2.75, 3.05) is 31.1 Å². The van der Waals surface area contributed by atoms with Crippen LogP contribution in [0.2, 0.25) is 5.02 Å². The lowest BCUT2D eigenvalue weighted by Gasteiger charge is -2.36. The minimum absolute atomic E-state index is 0.0808. The molecule has 1 saturated heterocycles. The van der Waals surface area contributed by atoms with Gasteiger partial charge in [0, 0.05) is 32.2 Å². The van der Waals surface area contributed by atoms with Gasteiger partial charge in [-0.15, -0.1) is 0 Å². The molecule has 0 spiro atoms. The first-order valence-electron chi connectivity index (χ1n) is 9.84. The predicted octanol–water partition coefficient (Wildman–Crippen LogP) is 3.19. The number of amides is 1. The highest BCUT2D eigenvalue weighted by Gasteiger charge is 2.24. The molecule has 0 unspecified atom stereocenters. The topological polar surface area (TPSA) is 58.4 Å². The van der Waals surface area contributed by atoms with Crippen LogP contribution in [0.1, 0.15) is 5.56 Å². The van der Waals surface area contributed by atoms with E-state index in [1.807, 2.05) is 4.90 Å². The molecule has 166 valence electrons. The standard InChI is InChI=1S/C22H18ClF3N4O2/c23-21-19(13-27-30(22(21)32)18-6-5-16(25)12-17(18)26)28-7-9-29(10-8-28)20(31)11-14-1-3-15(24)4-2-14/h1-6,12-13H,7-11H2. The molecule has 4 rings (SSSR count). The van der Waals surface area contributed by atoms with Crippen LogP contribution in [0.4, 0.5) is 18.9 Å². The van der Waals surface area contributed by atoms with Gasteiger partial charge in [-0.3, -0.25) is 9.59 Å². The number of benzene rings is 2. The number of carbonyl (C=O) groups is 1. The highest BCUT2D eigenvalue weighted by molar-refractivity contribution is 6.33. The average molecular weight is 463 g/mol. The van der Waals surface area contributed by atoms with Crippen LogP contribution in [0.15, 0.2) is 53.5 Å². The molecule has 1 aromatic heterocycles. The molecule has 1 aliphatic rings. The Morgan fingerprint density at radius 2 is 1.59 bits per heavy atom. The third-order valence-electron chi connectivity index (χ3n) is 5.28. The van der Waals surface area contributed by atoms with E-state index in [-0.39, 0.29) is 28.9 Å². The number of aromatic nitrogens is 2. The first-order valence-corrected chi connectivity index (χ1v) is 10.2. The van der Waals surface area contributed by atoms with E-state index in [9.17, 15) is 22.8 Å². The highest BCUT2D eigenvalue weighted by atomic mass is 35.5. The fraction of sp³-hybridized carbons (Fsp3) is 0.227. The van der Waals surface area contributed by atoms with Gasteiger partial charge in [0.25, 0.3) is 5.56 Å². The van der Waals surface area contributed by atoms with E-state index >= 15 is 0 Å². The van der Waals surface area contributed by atoms with Gasteiger partial charge in [0.1, 0.15) is 22.3 Å². The zero-order chi connectivity index (χ0) is 22.8. The number of halogens is 4. The van der Waals surface area contributed by atoms with E-state index in [1.54, 1.807) is 17.0 Å². The Bertz CT molecular complexity index is 1210. The van der Waals surface area contributed by atoms with Gasteiger partial charge >= 0.3 is 0 Å². The first-order chi connectivity index (χ1) is 15.3. The molecule has 0 radical (unpaired) electrons. The predicted molar refractivity (Wildman–Crippen MR) is 114 cm³/mol. The van der Waals surface area contributed by atoms with Crippen LogP contribution >= 0.6 is 11.6 Å². The Morgan fingerprint density at radius 1 is 0.938 bits per heavy atom. The van der Waals surface area contributed by atoms with Crippen molar-refractivity contribution in [1.29, 1.82) is 0 Å². The van der Waals surface area contributed by atoms with Crippen LogP contribution in [-0.2, 0) is 11.2 Å². The lowest BCUT2D eigenvalue weighted by molar-refractivity contribution is -0.130. The zero-order valence-electron chi connectivity index (χ0n) is 16.8. The number of anilines is 1. The van der Waals surface area contributed by atoms with Crippen molar-refractivity contribution >= 4 is 23.2 Å². The molecule has 6 nitrogen and oxygen atoms in total. The Balaban J connectivity index is 1.45. The molecule has 0 atom stereocenters. The van der Waals surface area contributed by atoms with Gasteiger partial charge in [-0.2, -0.15) is 9.78 Å². The van der Waals surface area contributed by atoms with Crippen molar-refractivity contribution < 1.29 is 18.0 Å². The molecule has 10 heteroatoms. The zero-order valence-corrected chi connectivity index (χ0v) is 17.5. The maximum Gasteiger partial charge on any atom is 0.292 e. The number of carbonyl (C=O) groups excluding carboxylic acids is 1.